The molecule has 0 bridgehead atoms. The van der Waals surface area contributed by atoms with E-state index in [1.807, 2.05) is 31.2 Å². The summed E-state index contributed by atoms with van der Waals surface area (Å²) in [7, 11) is 0. The molecule has 5 heteroatoms. The number of hydrogen-bond acceptors (Lipinski definition) is 3. The van der Waals surface area contributed by atoms with Crippen LogP contribution >= 0.6 is 11.6 Å². The largest absolute Gasteiger partial charge is 0.393 e. The van der Waals surface area contributed by atoms with Crippen molar-refractivity contribution in [2.45, 2.75) is 32.4 Å². The standard InChI is InChI=1S/C16H23ClN2O2/c1-12(20)14-5-7-19(8-6-14)11-16(21)18-10-13-3-2-4-15(17)9-13/h2-4,9,12,14,20H,5-8,10-11H2,1H3,(H,18,21). The Morgan fingerprint density at radius 1 is 1.48 bits per heavy atom. The summed E-state index contributed by atoms with van der Waals surface area (Å²) in [6.07, 6.45) is 1.67. The number of rotatable bonds is 5. The van der Waals surface area contributed by atoms with Crippen LogP contribution < -0.4 is 5.32 Å². The lowest BCUT2D eigenvalue weighted by atomic mass is 9.92. The maximum atomic E-state index is 11.9. The van der Waals surface area contributed by atoms with Crippen LogP contribution in [0.25, 0.3) is 0 Å². The third-order valence-corrected chi connectivity index (χ3v) is 4.30. The van der Waals surface area contributed by atoms with Crippen LogP contribution in [0, 0.1) is 5.92 Å². The molecule has 0 aliphatic carbocycles. The van der Waals surface area contributed by atoms with Gasteiger partial charge in [-0.3, -0.25) is 9.69 Å². The second kappa shape index (κ2) is 7.78. The van der Waals surface area contributed by atoms with E-state index < -0.39 is 0 Å². The molecule has 0 saturated carbocycles. The van der Waals surface area contributed by atoms with Gasteiger partial charge in [-0.2, -0.15) is 0 Å². The van der Waals surface area contributed by atoms with Crippen LogP contribution in [0.5, 0.6) is 0 Å². The fraction of sp³-hybridized carbons (Fsp3) is 0.562. The summed E-state index contributed by atoms with van der Waals surface area (Å²) in [5.41, 5.74) is 1.00. The molecule has 1 amide bonds. The number of benzene rings is 1. The number of nitrogens with zero attached hydrogens (tertiary/aromatic N) is 1. The van der Waals surface area contributed by atoms with Crippen molar-refractivity contribution in [1.29, 1.82) is 0 Å². The lowest BCUT2D eigenvalue weighted by molar-refractivity contribution is -0.122. The zero-order valence-corrected chi connectivity index (χ0v) is 13.1. The number of hydrogen-bond donors (Lipinski definition) is 2. The first kappa shape index (κ1) is 16.3. The molecule has 0 radical (unpaired) electrons. The van der Waals surface area contributed by atoms with E-state index in [9.17, 15) is 9.90 Å². The van der Waals surface area contributed by atoms with Gasteiger partial charge in [0.2, 0.25) is 5.91 Å². The Bertz CT molecular complexity index is 471. The highest BCUT2D eigenvalue weighted by Crippen LogP contribution is 2.20. The summed E-state index contributed by atoms with van der Waals surface area (Å²) in [5.74, 6) is 0.404. The molecule has 1 saturated heterocycles. The van der Waals surface area contributed by atoms with Crippen molar-refractivity contribution < 1.29 is 9.90 Å². The fourth-order valence-corrected chi connectivity index (χ4v) is 2.91. The normalized spacial score (nSPS) is 18.4. The summed E-state index contributed by atoms with van der Waals surface area (Å²) in [5, 5.41) is 13.2. The molecule has 1 unspecified atom stereocenters. The molecule has 1 atom stereocenters. The Labute approximate surface area is 131 Å². The van der Waals surface area contributed by atoms with Crippen LogP contribution in [0.3, 0.4) is 0 Å². The molecule has 1 aliphatic heterocycles. The number of carbonyl (C=O) groups excluding carboxylic acids is 1. The molecule has 1 fully saturated rings. The van der Waals surface area contributed by atoms with Crippen molar-refractivity contribution >= 4 is 17.5 Å². The number of nitrogens with one attached hydrogen (secondary N) is 1. The molecule has 116 valence electrons. The van der Waals surface area contributed by atoms with Crippen molar-refractivity contribution in [3.8, 4) is 0 Å². The highest BCUT2D eigenvalue weighted by molar-refractivity contribution is 6.30. The zero-order valence-electron chi connectivity index (χ0n) is 12.4. The number of piperidine rings is 1. The zero-order chi connectivity index (χ0) is 15.2. The average molecular weight is 311 g/mol. The van der Waals surface area contributed by atoms with Crippen LogP contribution in [-0.2, 0) is 11.3 Å². The third-order valence-electron chi connectivity index (χ3n) is 4.06. The van der Waals surface area contributed by atoms with Crippen molar-refractivity contribution in [2.75, 3.05) is 19.6 Å². The van der Waals surface area contributed by atoms with E-state index in [0.29, 0.717) is 24.0 Å². The number of halogens is 1. The molecule has 0 aromatic heterocycles. The highest BCUT2D eigenvalue weighted by atomic mass is 35.5. The van der Waals surface area contributed by atoms with E-state index in [2.05, 4.69) is 10.2 Å². The van der Waals surface area contributed by atoms with Crippen molar-refractivity contribution in [3.05, 3.63) is 34.9 Å². The first-order chi connectivity index (χ1) is 10.0. The SMILES string of the molecule is CC(O)C1CCN(CC(=O)NCc2cccc(Cl)c2)CC1. The monoisotopic (exact) mass is 310 g/mol. The fourth-order valence-electron chi connectivity index (χ4n) is 2.70. The van der Waals surface area contributed by atoms with E-state index in [4.69, 9.17) is 11.6 Å². The van der Waals surface area contributed by atoms with Gasteiger partial charge in [0.25, 0.3) is 0 Å². The van der Waals surface area contributed by atoms with Gasteiger partial charge in [0, 0.05) is 11.6 Å². The van der Waals surface area contributed by atoms with Gasteiger partial charge in [-0.25, -0.2) is 0 Å². The Hall–Kier alpha value is -1.10. The second-order valence-electron chi connectivity index (χ2n) is 5.76. The second-order valence-corrected chi connectivity index (χ2v) is 6.20. The van der Waals surface area contributed by atoms with Gasteiger partial charge < -0.3 is 10.4 Å². The maximum absolute atomic E-state index is 11.9. The molecule has 1 aromatic rings. The van der Waals surface area contributed by atoms with E-state index >= 15 is 0 Å². The van der Waals surface area contributed by atoms with Crippen molar-refractivity contribution in [3.63, 3.8) is 0 Å². The average Bonchev–Trinajstić information content (AvgIpc) is 2.46. The minimum Gasteiger partial charge on any atom is -0.393 e. The molecule has 1 aromatic carbocycles. The van der Waals surface area contributed by atoms with Gasteiger partial charge >= 0.3 is 0 Å². The predicted molar refractivity (Wildman–Crippen MR) is 84.1 cm³/mol. The minimum atomic E-state index is -0.246. The molecule has 4 nitrogen and oxygen atoms in total. The Balaban J connectivity index is 1.71. The molecular formula is C16H23ClN2O2. The van der Waals surface area contributed by atoms with E-state index in [1.165, 1.54) is 0 Å². The first-order valence-corrected chi connectivity index (χ1v) is 7.84. The van der Waals surface area contributed by atoms with Gasteiger partial charge in [0.05, 0.1) is 12.6 Å². The molecule has 0 spiro atoms. The Morgan fingerprint density at radius 3 is 2.81 bits per heavy atom. The van der Waals surface area contributed by atoms with Crippen LogP contribution in [0.15, 0.2) is 24.3 Å². The van der Waals surface area contributed by atoms with Gasteiger partial charge in [-0.15, -0.1) is 0 Å². The third kappa shape index (κ3) is 5.30. The van der Waals surface area contributed by atoms with Gasteiger partial charge in [0.15, 0.2) is 0 Å². The lowest BCUT2D eigenvalue weighted by Crippen LogP contribution is -2.42. The van der Waals surface area contributed by atoms with Crippen molar-refractivity contribution in [1.82, 2.24) is 10.2 Å². The smallest absolute Gasteiger partial charge is 0.234 e. The molecule has 1 aliphatic rings. The summed E-state index contributed by atoms with van der Waals surface area (Å²) in [6, 6.07) is 7.50. The Kier molecular flexibility index (Phi) is 6.03. The minimum absolute atomic E-state index is 0.0328. The lowest BCUT2D eigenvalue weighted by Gasteiger charge is -2.32. The number of aliphatic hydroxyl groups excluding tert-OH is 1. The highest BCUT2D eigenvalue weighted by Gasteiger charge is 2.23. The number of amides is 1. The van der Waals surface area contributed by atoms with E-state index in [1.54, 1.807) is 0 Å². The predicted octanol–water partition coefficient (Wildman–Crippen LogP) is 2.05. The van der Waals surface area contributed by atoms with Gasteiger partial charge in [0.1, 0.15) is 0 Å². The van der Waals surface area contributed by atoms with Gasteiger partial charge in [-0.1, -0.05) is 23.7 Å². The molecule has 1 heterocycles. The van der Waals surface area contributed by atoms with E-state index in [0.717, 1.165) is 31.5 Å². The molecular weight excluding hydrogens is 288 g/mol. The number of likely N-dealkylation sites (tertiary alicyclic amines) is 1. The van der Waals surface area contributed by atoms with Crippen LogP contribution in [0.4, 0.5) is 0 Å². The summed E-state index contributed by atoms with van der Waals surface area (Å²) in [6.45, 7) is 4.52. The summed E-state index contributed by atoms with van der Waals surface area (Å²) in [4.78, 5) is 14.1. The summed E-state index contributed by atoms with van der Waals surface area (Å²) >= 11 is 5.91. The topological polar surface area (TPSA) is 52.6 Å². The van der Waals surface area contributed by atoms with Crippen LogP contribution in [0.1, 0.15) is 25.3 Å². The molecule has 2 N–H and O–H groups in total. The quantitative estimate of drug-likeness (QED) is 0.875. The molecule has 21 heavy (non-hydrogen) atoms. The van der Waals surface area contributed by atoms with Crippen LogP contribution in [-0.4, -0.2) is 41.7 Å². The van der Waals surface area contributed by atoms with Gasteiger partial charge in [-0.05, 0) is 56.5 Å². The van der Waals surface area contributed by atoms with Crippen LogP contribution in [0.2, 0.25) is 5.02 Å². The first-order valence-electron chi connectivity index (χ1n) is 7.46. The number of carbonyl (C=O) groups is 1. The molecule has 2 rings (SSSR count). The van der Waals surface area contributed by atoms with E-state index in [-0.39, 0.29) is 12.0 Å². The maximum Gasteiger partial charge on any atom is 0.234 e. The Morgan fingerprint density at radius 2 is 2.19 bits per heavy atom. The van der Waals surface area contributed by atoms with Crippen molar-refractivity contribution in [2.24, 2.45) is 5.92 Å². The summed E-state index contributed by atoms with van der Waals surface area (Å²) < 4.78 is 0. The number of aliphatic hydroxyl groups is 1.